The molecule has 0 saturated carbocycles. The molecule has 3 nitrogen and oxygen atoms in total. The molecule has 0 bridgehead atoms. The molecule has 0 fully saturated rings. The predicted octanol–water partition coefficient (Wildman–Crippen LogP) is 2.94. The molecule has 0 aromatic heterocycles. The molecule has 19 heavy (non-hydrogen) atoms. The van der Waals surface area contributed by atoms with E-state index in [1.807, 2.05) is 0 Å². The number of carbonyl (C=O) groups excluding carboxylic acids is 2. The van der Waals surface area contributed by atoms with Gasteiger partial charge in [0.15, 0.2) is 0 Å². The number of amides is 1. The number of aryl methyl sites for hydroxylation is 3. The van der Waals surface area contributed by atoms with Gasteiger partial charge in [0.1, 0.15) is 5.78 Å². The number of rotatable bonds is 5. The first kappa shape index (κ1) is 15.4. The minimum atomic E-state index is 0.0228. The second-order valence-electron chi connectivity index (χ2n) is 5.33. The Morgan fingerprint density at radius 3 is 2.05 bits per heavy atom. The molecule has 0 aliphatic carbocycles. The minimum Gasteiger partial charge on any atom is -0.341 e. The summed E-state index contributed by atoms with van der Waals surface area (Å²) in [5.74, 6) is 0.0824. The van der Waals surface area contributed by atoms with E-state index in [9.17, 15) is 9.59 Å². The molecule has 104 valence electrons. The molecule has 0 aliphatic heterocycles. The van der Waals surface area contributed by atoms with Crippen molar-refractivity contribution in [1.82, 2.24) is 4.90 Å². The number of benzene rings is 1. The number of carbonyl (C=O) groups is 2. The van der Waals surface area contributed by atoms with Crippen LogP contribution in [0.1, 0.15) is 42.0 Å². The third-order valence-corrected chi connectivity index (χ3v) is 3.35. The summed E-state index contributed by atoms with van der Waals surface area (Å²) in [6, 6.07) is 4.27. The van der Waals surface area contributed by atoms with Crippen molar-refractivity contribution in [1.29, 1.82) is 0 Å². The Labute approximate surface area is 115 Å². The minimum absolute atomic E-state index is 0.0228. The quantitative estimate of drug-likeness (QED) is 0.817. The molecule has 1 aromatic rings. The summed E-state index contributed by atoms with van der Waals surface area (Å²) in [5.41, 5.74) is 4.86. The molecule has 1 aromatic carbocycles. The third kappa shape index (κ3) is 4.51. The molecule has 0 unspecified atom stereocenters. The van der Waals surface area contributed by atoms with E-state index in [-0.39, 0.29) is 11.7 Å². The second-order valence-corrected chi connectivity index (χ2v) is 5.33. The van der Waals surface area contributed by atoms with Gasteiger partial charge in [0.05, 0.1) is 0 Å². The van der Waals surface area contributed by atoms with Gasteiger partial charge in [0, 0.05) is 26.4 Å². The summed E-state index contributed by atoms with van der Waals surface area (Å²) >= 11 is 0. The molecular formula is C16H23NO2. The van der Waals surface area contributed by atoms with Crippen LogP contribution < -0.4 is 0 Å². The first-order valence-electron chi connectivity index (χ1n) is 6.61. The van der Waals surface area contributed by atoms with Crippen molar-refractivity contribution in [3.63, 3.8) is 0 Å². The second kappa shape index (κ2) is 6.50. The number of Topliss-reactive ketones (excluding diaryl/α,β-unsaturated/α-hetero) is 1. The van der Waals surface area contributed by atoms with Gasteiger partial charge in [-0.2, -0.15) is 0 Å². The Balaban J connectivity index is 2.74. The molecule has 0 N–H and O–H groups in total. The van der Waals surface area contributed by atoms with Gasteiger partial charge in [-0.3, -0.25) is 4.79 Å². The van der Waals surface area contributed by atoms with E-state index in [1.54, 1.807) is 11.9 Å². The standard InChI is InChI=1S/C16H23NO2/c1-11-8-12(2)15(13(3)9-11)10-17(5)16(19)7-6-14(4)18/h8-9H,6-7,10H2,1-5H3. The summed E-state index contributed by atoms with van der Waals surface area (Å²) in [6.45, 7) is 8.34. The lowest BCUT2D eigenvalue weighted by Crippen LogP contribution is -2.27. The maximum atomic E-state index is 11.9. The summed E-state index contributed by atoms with van der Waals surface area (Å²) in [4.78, 5) is 24.5. The van der Waals surface area contributed by atoms with Gasteiger partial charge in [0.2, 0.25) is 5.91 Å². The predicted molar refractivity (Wildman–Crippen MR) is 77.0 cm³/mol. The maximum Gasteiger partial charge on any atom is 0.223 e. The van der Waals surface area contributed by atoms with Crippen LogP contribution in [0.5, 0.6) is 0 Å². The van der Waals surface area contributed by atoms with E-state index in [0.717, 1.165) is 0 Å². The van der Waals surface area contributed by atoms with Crippen LogP contribution in [-0.2, 0) is 16.1 Å². The summed E-state index contributed by atoms with van der Waals surface area (Å²) < 4.78 is 0. The highest BCUT2D eigenvalue weighted by Crippen LogP contribution is 2.18. The molecule has 1 rings (SSSR count). The zero-order chi connectivity index (χ0) is 14.6. The monoisotopic (exact) mass is 261 g/mol. The van der Waals surface area contributed by atoms with E-state index in [1.165, 1.54) is 29.2 Å². The molecule has 0 atom stereocenters. The lowest BCUT2D eigenvalue weighted by atomic mass is 9.99. The number of hydrogen-bond donors (Lipinski definition) is 0. The first-order chi connectivity index (χ1) is 8.81. The average Bonchev–Trinajstić information content (AvgIpc) is 2.30. The van der Waals surface area contributed by atoms with Crippen molar-refractivity contribution >= 4 is 11.7 Å². The fraction of sp³-hybridized carbons (Fsp3) is 0.500. The fourth-order valence-corrected chi connectivity index (χ4v) is 2.26. The highest BCUT2D eigenvalue weighted by atomic mass is 16.2. The topological polar surface area (TPSA) is 37.4 Å². The van der Waals surface area contributed by atoms with Gasteiger partial charge >= 0.3 is 0 Å². The molecule has 0 saturated heterocycles. The maximum absolute atomic E-state index is 11.9. The van der Waals surface area contributed by atoms with Crippen LogP contribution in [0.15, 0.2) is 12.1 Å². The third-order valence-electron chi connectivity index (χ3n) is 3.35. The van der Waals surface area contributed by atoms with Gasteiger partial charge in [-0.25, -0.2) is 0 Å². The van der Waals surface area contributed by atoms with Gasteiger partial charge in [-0.15, -0.1) is 0 Å². The lowest BCUT2D eigenvalue weighted by Gasteiger charge is -2.20. The Morgan fingerprint density at radius 1 is 1.05 bits per heavy atom. The Morgan fingerprint density at radius 2 is 1.58 bits per heavy atom. The molecular weight excluding hydrogens is 238 g/mol. The Hall–Kier alpha value is -1.64. The zero-order valence-electron chi connectivity index (χ0n) is 12.5. The van der Waals surface area contributed by atoms with Crippen LogP contribution in [-0.4, -0.2) is 23.6 Å². The van der Waals surface area contributed by atoms with Crippen molar-refractivity contribution in [3.05, 3.63) is 34.4 Å². The molecule has 0 heterocycles. The highest BCUT2D eigenvalue weighted by molar-refractivity contribution is 5.83. The Kier molecular flexibility index (Phi) is 5.28. The molecule has 0 radical (unpaired) electrons. The molecule has 1 amide bonds. The fourth-order valence-electron chi connectivity index (χ4n) is 2.26. The van der Waals surface area contributed by atoms with Crippen molar-refractivity contribution in [2.75, 3.05) is 7.05 Å². The van der Waals surface area contributed by atoms with Crippen LogP contribution >= 0.6 is 0 Å². The van der Waals surface area contributed by atoms with E-state index in [4.69, 9.17) is 0 Å². The lowest BCUT2D eigenvalue weighted by molar-refractivity contribution is -0.132. The van der Waals surface area contributed by atoms with Crippen molar-refractivity contribution in [2.45, 2.75) is 47.1 Å². The van der Waals surface area contributed by atoms with Crippen LogP contribution in [0.2, 0.25) is 0 Å². The summed E-state index contributed by atoms with van der Waals surface area (Å²) in [5, 5.41) is 0. The van der Waals surface area contributed by atoms with Gasteiger partial charge in [0.25, 0.3) is 0 Å². The van der Waals surface area contributed by atoms with Gasteiger partial charge in [-0.1, -0.05) is 17.7 Å². The average molecular weight is 261 g/mol. The van der Waals surface area contributed by atoms with E-state index in [2.05, 4.69) is 32.9 Å². The van der Waals surface area contributed by atoms with E-state index < -0.39 is 0 Å². The molecule has 0 aliphatic rings. The Bertz CT molecular complexity index is 469. The largest absolute Gasteiger partial charge is 0.341 e. The molecule has 3 heteroatoms. The first-order valence-corrected chi connectivity index (χ1v) is 6.61. The number of ketones is 1. The zero-order valence-corrected chi connectivity index (χ0v) is 12.5. The number of nitrogens with zero attached hydrogens (tertiary/aromatic N) is 1. The van der Waals surface area contributed by atoms with Crippen molar-refractivity contribution < 1.29 is 9.59 Å². The summed E-state index contributed by atoms with van der Waals surface area (Å²) in [7, 11) is 1.79. The van der Waals surface area contributed by atoms with Crippen molar-refractivity contribution in [2.24, 2.45) is 0 Å². The van der Waals surface area contributed by atoms with Crippen LogP contribution in [0.3, 0.4) is 0 Å². The highest BCUT2D eigenvalue weighted by Gasteiger charge is 2.13. The van der Waals surface area contributed by atoms with Gasteiger partial charge < -0.3 is 9.69 Å². The number of hydrogen-bond acceptors (Lipinski definition) is 2. The van der Waals surface area contributed by atoms with Crippen LogP contribution in [0.4, 0.5) is 0 Å². The summed E-state index contributed by atoms with van der Waals surface area (Å²) in [6.07, 6.45) is 0.630. The SMILES string of the molecule is CC(=O)CCC(=O)N(C)Cc1c(C)cc(C)cc1C. The van der Waals surface area contributed by atoms with Crippen LogP contribution in [0, 0.1) is 20.8 Å². The van der Waals surface area contributed by atoms with E-state index in [0.29, 0.717) is 19.4 Å². The molecule has 0 spiro atoms. The van der Waals surface area contributed by atoms with Crippen molar-refractivity contribution in [3.8, 4) is 0 Å². The van der Waals surface area contributed by atoms with E-state index >= 15 is 0 Å². The smallest absolute Gasteiger partial charge is 0.223 e. The normalized spacial score (nSPS) is 10.4. The van der Waals surface area contributed by atoms with Crippen LogP contribution in [0.25, 0.3) is 0 Å². The van der Waals surface area contributed by atoms with Gasteiger partial charge in [-0.05, 0) is 44.4 Å².